The van der Waals surface area contributed by atoms with Crippen LogP contribution in [0.5, 0.6) is 0 Å². The molecule has 0 fully saturated rings. The van der Waals surface area contributed by atoms with Gasteiger partial charge in [-0.1, -0.05) is 31.2 Å². The lowest BCUT2D eigenvalue weighted by Gasteiger charge is -2.22. The highest BCUT2D eigenvalue weighted by molar-refractivity contribution is 5.27. The topological polar surface area (TPSA) is 15.3 Å². The predicted octanol–water partition coefficient (Wildman–Crippen LogP) is 3.07. The molecule has 0 spiro atoms. The Morgan fingerprint density at radius 3 is 2.39 bits per heavy atom. The minimum absolute atomic E-state index is 0.594. The SMILES string of the molecule is CCCNCCc1ccccc1CN(C)C(C)C. The van der Waals surface area contributed by atoms with E-state index in [4.69, 9.17) is 0 Å². The van der Waals surface area contributed by atoms with Crippen LogP contribution >= 0.6 is 0 Å². The van der Waals surface area contributed by atoms with Crippen LogP contribution in [0.25, 0.3) is 0 Å². The Labute approximate surface area is 112 Å². The standard InChI is InChI=1S/C16H28N2/c1-5-11-17-12-10-15-8-6-7-9-16(15)13-18(4)14(2)3/h6-9,14,17H,5,10-13H2,1-4H3. The van der Waals surface area contributed by atoms with Crippen molar-refractivity contribution in [3.8, 4) is 0 Å². The van der Waals surface area contributed by atoms with Crippen LogP contribution in [0.15, 0.2) is 24.3 Å². The van der Waals surface area contributed by atoms with E-state index in [0.717, 1.165) is 26.1 Å². The molecule has 0 unspecified atom stereocenters. The number of hydrogen-bond acceptors (Lipinski definition) is 2. The van der Waals surface area contributed by atoms with E-state index >= 15 is 0 Å². The molecule has 0 atom stereocenters. The smallest absolute Gasteiger partial charge is 0.0236 e. The summed E-state index contributed by atoms with van der Waals surface area (Å²) in [5.41, 5.74) is 2.95. The summed E-state index contributed by atoms with van der Waals surface area (Å²) in [6.45, 7) is 9.93. The van der Waals surface area contributed by atoms with Crippen LogP contribution in [0.2, 0.25) is 0 Å². The summed E-state index contributed by atoms with van der Waals surface area (Å²) < 4.78 is 0. The zero-order valence-corrected chi connectivity index (χ0v) is 12.4. The van der Waals surface area contributed by atoms with E-state index in [1.807, 2.05) is 0 Å². The molecule has 2 nitrogen and oxygen atoms in total. The van der Waals surface area contributed by atoms with Gasteiger partial charge in [-0.25, -0.2) is 0 Å². The number of nitrogens with one attached hydrogen (secondary N) is 1. The first-order valence-electron chi connectivity index (χ1n) is 7.13. The minimum Gasteiger partial charge on any atom is -0.316 e. The summed E-state index contributed by atoms with van der Waals surface area (Å²) in [5, 5.41) is 3.47. The predicted molar refractivity (Wildman–Crippen MR) is 79.9 cm³/mol. The van der Waals surface area contributed by atoms with Crippen molar-refractivity contribution in [3.63, 3.8) is 0 Å². The fourth-order valence-corrected chi connectivity index (χ4v) is 1.93. The molecule has 102 valence electrons. The van der Waals surface area contributed by atoms with Crippen molar-refractivity contribution in [2.24, 2.45) is 0 Å². The van der Waals surface area contributed by atoms with Gasteiger partial charge in [0.05, 0.1) is 0 Å². The molecular weight excluding hydrogens is 220 g/mol. The Hall–Kier alpha value is -0.860. The quantitative estimate of drug-likeness (QED) is 0.711. The Morgan fingerprint density at radius 2 is 1.78 bits per heavy atom. The lowest BCUT2D eigenvalue weighted by atomic mass is 10.0. The third-order valence-electron chi connectivity index (χ3n) is 3.42. The molecule has 0 aliphatic heterocycles. The Kier molecular flexibility index (Phi) is 6.99. The first kappa shape index (κ1) is 15.2. The number of benzene rings is 1. The highest BCUT2D eigenvalue weighted by Gasteiger charge is 2.07. The van der Waals surface area contributed by atoms with Gasteiger partial charge in [0.15, 0.2) is 0 Å². The summed E-state index contributed by atoms with van der Waals surface area (Å²) in [4.78, 5) is 2.39. The molecule has 0 aliphatic carbocycles. The van der Waals surface area contributed by atoms with Crippen LogP contribution < -0.4 is 5.32 Å². The maximum atomic E-state index is 3.47. The Morgan fingerprint density at radius 1 is 1.11 bits per heavy atom. The van der Waals surface area contributed by atoms with Crippen molar-refractivity contribution in [2.45, 2.75) is 46.2 Å². The van der Waals surface area contributed by atoms with E-state index in [1.54, 1.807) is 0 Å². The fourth-order valence-electron chi connectivity index (χ4n) is 1.93. The lowest BCUT2D eigenvalue weighted by Crippen LogP contribution is -2.26. The van der Waals surface area contributed by atoms with Crippen molar-refractivity contribution >= 4 is 0 Å². The molecule has 1 N–H and O–H groups in total. The molecule has 0 heterocycles. The van der Waals surface area contributed by atoms with Gasteiger partial charge in [0.25, 0.3) is 0 Å². The molecule has 0 aromatic heterocycles. The van der Waals surface area contributed by atoms with Crippen molar-refractivity contribution in [1.29, 1.82) is 0 Å². The van der Waals surface area contributed by atoms with Gasteiger partial charge < -0.3 is 5.32 Å². The maximum absolute atomic E-state index is 3.47. The second-order valence-corrected chi connectivity index (χ2v) is 5.28. The van der Waals surface area contributed by atoms with Crippen LogP contribution in [0.3, 0.4) is 0 Å². The van der Waals surface area contributed by atoms with Gasteiger partial charge in [-0.3, -0.25) is 4.90 Å². The van der Waals surface area contributed by atoms with Gasteiger partial charge in [0, 0.05) is 12.6 Å². The number of rotatable bonds is 8. The summed E-state index contributed by atoms with van der Waals surface area (Å²) >= 11 is 0. The van der Waals surface area contributed by atoms with E-state index in [0.29, 0.717) is 6.04 Å². The molecular formula is C16H28N2. The summed E-state index contributed by atoms with van der Waals surface area (Å²) in [5.74, 6) is 0. The average molecular weight is 248 g/mol. The molecule has 0 saturated carbocycles. The largest absolute Gasteiger partial charge is 0.316 e. The third-order valence-corrected chi connectivity index (χ3v) is 3.42. The van der Waals surface area contributed by atoms with Gasteiger partial charge >= 0.3 is 0 Å². The van der Waals surface area contributed by atoms with Crippen molar-refractivity contribution < 1.29 is 0 Å². The second kappa shape index (κ2) is 8.28. The highest BCUT2D eigenvalue weighted by Crippen LogP contribution is 2.12. The van der Waals surface area contributed by atoms with Crippen LogP contribution in [0, 0.1) is 0 Å². The summed E-state index contributed by atoms with van der Waals surface area (Å²) in [6.07, 6.45) is 2.33. The van der Waals surface area contributed by atoms with E-state index in [-0.39, 0.29) is 0 Å². The van der Waals surface area contributed by atoms with E-state index < -0.39 is 0 Å². The first-order chi connectivity index (χ1) is 8.65. The van der Waals surface area contributed by atoms with Crippen LogP contribution in [-0.4, -0.2) is 31.1 Å². The van der Waals surface area contributed by atoms with Crippen molar-refractivity contribution in [2.75, 3.05) is 20.1 Å². The molecule has 0 saturated heterocycles. The summed E-state index contributed by atoms with van der Waals surface area (Å²) in [6, 6.07) is 9.40. The van der Waals surface area contributed by atoms with Gasteiger partial charge in [-0.05, 0) is 58.0 Å². The zero-order valence-electron chi connectivity index (χ0n) is 12.4. The first-order valence-corrected chi connectivity index (χ1v) is 7.13. The van der Waals surface area contributed by atoms with E-state index in [1.165, 1.54) is 17.5 Å². The van der Waals surface area contributed by atoms with Crippen LogP contribution in [-0.2, 0) is 13.0 Å². The normalized spacial score (nSPS) is 11.4. The molecule has 0 aliphatic rings. The molecule has 0 radical (unpaired) electrons. The minimum atomic E-state index is 0.594. The molecule has 2 heteroatoms. The Balaban J connectivity index is 2.56. The maximum Gasteiger partial charge on any atom is 0.0236 e. The molecule has 0 amide bonds. The fraction of sp³-hybridized carbons (Fsp3) is 0.625. The average Bonchev–Trinajstić information content (AvgIpc) is 2.36. The molecule has 1 aromatic rings. The zero-order chi connectivity index (χ0) is 13.4. The molecule has 18 heavy (non-hydrogen) atoms. The Bertz CT molecular complexity index is 334. The van der Waals surface area contributed by atoms with Gasteiger partial charge in [-0.2, -0.15) is 0 Å². The van der Waals surface area contributed by atoms with Gasteiger partial charge in [0.2, 0.25) is 0 Å². The van der Waals surface area contributed by atoms with E-state index in [9.17, 15) is 0 Å². The third kappa shape index (κ3) is 5.19. The number of nitrogens with zero attached hydrogens (tertiary/aromatic N) is 1. The van der Waals surface area contributed by atoms with Crippen molar-refractivity contribution in [1.82, 2.24) is 10.2 Å². The van der Waals surface area contributed by atoms with Gasteiger partial charge in [-0.15, -0.1) is 0 Å². The molecule has 0 bridgehead atoms. The highest BCUT2D eigenvalue weighted by atomic mass is 15.1. The molecule has 1 aromatic carbocycles. The summed E-state index contributed by atoms with van der Waals surface area (Å²) in [7, 11) is 2.19. The van der Waals surface area contributed by atoms with Crippen LogP contribution in [0.4, 0.5) is 0 Å². The van der Waals surface area contributed by atoms with Crippen LogP contribution in [0.1, 0.15) is 38.3 Å². The number of hydrogen-bond donors (Lipinski definition) is 1. The monoisotopic (exact) mass is 248 g/mol. The van der Waals surface area contributed by atoms with E-state index in [2.05, 4.69) is 62.3 Å². The van der Waals surface area contributed by atoms with Gasteiger partial charge in [0.1, 0.15) is 0 Å². The lowest BCUT2D eigenvalue weighted by molar-refractivity contribution is 0.265. The molecule has 1 rings (SSSR count). The second-order valence-electron chi connectivity index (χ2n) is 5.28. The van der Waals surface area contributed by atoms with Crippen molar-refractivity contribution in [3.05, 3.63) is 35.4 Å².